The van der Waals surface area contributed by atoms with Crippen LogP contribution in [-0.4, -0.2) is 17.1 Å². The summed E-state index contributed by atoms with van der Waals surface area (Å²) in [6.45, 7) is 0.548. The molecule has 0 unspecified atom stereocenters. The number of nitrogen functional groups attached to an aromatic ring is 1. The van der Waals surface area contributed by atoms with Crippen molar-refractivity contribution in [1.82, 2.24) is 9.97 Å². The smallest absolute Gasteiger partial charge is 0.223 e. The topological polar surface area (TPSA) is 73.1 Å². The van der Waals surface area contributed by atoms with E-state index in [9.17, 15) is 0 Å². The molecule has 106 valence electrons. The van der Waals surface area contributed by atoms with E-state index >= 15 is 0 Å². The quantitative estimate of drug-likeness (QED) is 0.719. The van der Waals surface area contributed by atoms with Gasteiger partial charge < -0.3 is 15.8 Å². The molecule has 5 nitrogen and oxygen atoms in total. The number of nitrogens with zero attached hydrogens (tertiary/aromatic N) is 2. The first-order valence-electron chi connectivity index (χ1n) is 6.64. The molecule has 0 radical (unpaired) electrons. The van der Waals surface area contributed by atoms with E-state index in [-0.39, 0.29) is 0 Å². The number of fused-ring (bicyclic) bond motifs is 1. The first kappa shape index (κ1) is 13.2. The summed E-state index contributed by atoms with van der Waals surface area (Å²) in [4.78, 5) is 8.78. The van der Waals surface area contributed by atoms with Gasteiger partial charge in [0.15, 0.2) is 0 Å². The molecule has 0 spiro atoms. The Kier molecular flexibility index (Phi) is 3.55. The molecule has 3 rings (SSSR count). The fourth-order valence-electron chi connectivity index (χ4n) is 2.17. The van der Waals surface area contributed by atoms with Crippen molar-refractivity contribution in [3.8, 4) is 5.75 Å². The van der Waals surface area contributed by atoms with Gasteiger partial charge in [0.05, 0.1) is 12.6 Å². The highest BCUT2D eigenvalue weighted by Gasteiger charge is 2.05. The molecule has 0 atom stereocenters. The van der Waals surface area contributed by atoms with Crippen LogP contribution in [0.25, 0.3) is 10.9 Å². The number of para-hydroxylation sites is 1. The first-order chi connectivity index (χ1) is 10.3. The molecule has 21 heavy (non-hydrogen) atoms. The van der Waals surface area contributed by atoms with Crippen LogP contribution in [-0.2, 0) is 6.54 Å². The number of ether oxygens (including phenoxy) is 1. The zero-order chi connectivity index (χ0) is 14.7. The average molecular weight is 280 g/mol. The second-order valence-electron chi connectivity index (χ2n) is 4.68. The third-order valence-electron chi connectivity index (χ3n) is 3.23. The maximum Gasteiger partial charge on any atom is 0.223 e. The lowest BCUT2D eigenvalue weighted by atomic mass is 10.2. The van der Waals surface area contributed by atoms with Crippen LogP contribution in [0.5, 0.6) is 5.75 Å². The lowest BCUT2D eigenvalue weighted by Gasteiger charge is -2.10. The zero-order valence-corrected chi connectivity index (χ0v) is 11.7. The van der Waals surface area contributed by atoms with E-state index in [2.05, 4.69) is 15.3 Å². The van der Waals surface area contributed by atoms with Crippen molar-refractivity contribution in [3.05, 3.63) is 54.2 Å². The predicted octanol–water partition coefficient (Wildman–Crippen LogP) is 2.83. The van der Waals surface area contributed by atoms with E-state index in [1.165, 1.54) is 0 Å². The predicted molar refractivity (Wildman–Crippen MR) is 84.3 cm³/mol. The van der Waals surface area contributed by atoms with Crippen molar-refractivity contribution in [2.45, 2.75) is 6.54 Å². The average Bonchev–Trinajstić information content (AvgIpc) is 2.53. The van der Waals surface area contributed by atoms with Gasteiger partial charge in [-0.05, 0) is 24.3 Å². The van der Waals surface area contributed by atoms with Crippen molar-refractivity contribution in [2.24, 2.45) is 0 Å². The molecule has 0 aliphatic heterocycles. The summed E-state index contributed by atoms with van der Waals surface area (Å²) in [7, 11) is 1.64. The summed E-state index contributed by atoms with van der Waals surface area (Å²) in [6.07, 6.45) is 1.81. The van der Waals surface area contributed by atoms with Crippen molar-refractivity contribution in [2.75, 3.05) is 18.2 Å². The molecule has 0 amide bonds. The fraction of sp³-hybridized carbons (Fsp3) is 0.125. The number of nitrogens with two attached hydrogens (primary N) is 1. The monoisotopic (exact) mass is 280 g/mol. The Hall–Kier alpha value is -2.82. The van der Waals surface area contributed by atoms with Gasteiger partial charge in [-0.1, -0.05) is 18.2 Å². The summed E-state index contributed by atoms with van der Waals surface area (Å²) in [5.74, 6) is 1.37. The Balaban J connectivity index is 1.81. The van der Waals surface area contributed by atoms with Gasteiger partial charge >= 0.3 is 0 Å². The largest absolute Gasteiger partial charge is 0.496 e. The number of nitrogens with one attached hydrogen (secondary N) is 1. The molecule has 1 heterocycles. The van der Waals surface area contributed by atoms with Gasteiger partial charge in [0.2, 0.25) is 5.95 Å². The Morgan fingerprint density at radius 2 is 2.05 bits per heavy atom. The molecule has 3 aromatic rings. The van der Waals surface area contributed by atoms with Gasteiger partial charge in [0.25, 0.3) is 0 Å². The lowest BCUT2D eigenvalue weighted by Crippen LogP contribution is -2.05. The second-order valence-corrected chi connectivity index (χ2v) is 4.68. The third-order valence-corrected chi connectivity index (χ3v) is 3.23. The summed E-state index contributed by atoms with van der Waals surface area (Å²) >= 11 is 0. The minimum absolute atomic E-state index is 0.548. The fourth-order valence-corrected chi connectivity index (χ4v) is 2.17. The van der Waals surface area contributed by atoms with Crippen molar-refractivity contribution >= 4 is 22.5 Å². The normalized spacial score (nSPS) is 10.5. The van der Waals surface area contributed by atoms with Crippen LogP contribution in [0, 0.1) is 0 Å². The number of aromatic nitrogens is 2. The zero-order valence-electron chi connectivity index (χ0n) is 11.7. The van der Waals surface area contributed by atoms with E-state index in [0.29, 0.717) is 18.2 Å². The van der Waals surface area contributed by atoms with Gasteiger partial charge in [-0.25, -0.2) is 9.97 Å². The van der Waals surface area contributed by atoms with Crippen LogP contribution in [0.4, 0.5) is 11.6 Å². The number of anilines is 2. The van der Waals surface area contributed by atoms with Gasteiger partial charge in [0.1, 0.15) is 5.75 Å². The van der Waals surface area contributed by atoms with E-state index in [1.54, 1.807) is 13.3 Å². The molecule has 2 aromatic carbocycles. The number of benzene rings is 2. The number of hydrogen-bond donors (Lipinski definition) is 2. The van der Waals surface area contributed by atoms with E-state index < -0.39 is 0 Å². The van der Waals surface area contributed by atoms with E-state index in [4.69, 9.17) is 10.5 Å². The van der Waals surface area contributed by atoms with Crippen LogP contribution in [0.1, 0.15) is 5.56 Å². The molecule has 0 aliphatic rings. The molecule has 0 aliphatic carbocycles. The van der Waals surface area contributed by atoms with E-state index in [0.717, 1.165) is 22.2 Å². The van der Waals surface area contributed by atoms with Gasteiger partial charge in [-0.3, -0.25) is 0 Å². The Bertz CT molecular complexity index is 773. The highest BCUT2D eigenvalue weighted by Crippen LogP contribution is 2.22. The minimum atomic E-state index is 0.548. The second kappa shape index (κ2) is 5.66. The molecule has 0 bridgehead atoms. The van der Waals surface area contributed by atoms with Crippen LogP contribution in [0.2, 0.25) is 0 Å². The maximum atomic E-state index is 5.81. The summed E-state index contributed by atoms with van der Waals surface area (Å²) in [5.41, 5.74) is 8.39. The Morgan fingerprint density at radius 3 is 2.90 bits per heavy atom. The van der Waals surface area contributed by atoms with Crippen molar-refractivity contribution in [1.29, 1.82) is 0 Å². The van der Waals surface area contributed by atoms with Crippen molar-refractivity contribution < 1.29 is 4.74 Å². The van der Waals surface area contributed by atoms with Gasteiger partial charge in [-0.15, -0.1) is 0 Å². The molecule has 0 fully saturated rings. The Morgan fingerprint density at radius 1 is 1.19 bits per heavy atom. The van der Waals surface area contributed by atoms with Crippen LogP contribution >= 0.6 is 0 Å². The first-order valence-corrected chi connectivity index (χ1v) is 6.64. The maximum absolute atomic E-state index is 5.81. The minimum Gasteiger partial charge on any atom is -0.496 e. The standard InChI is InChI=1S/C16H16N4O/c1-21-15-7-6-13(17)8-12(15)10-19-16-18-9-11-4-2-3-5-14(11)20-16/h2-9H,10,17H2,1H3,(H,18,19,20). The van der Waals surface area contributed by atoms with Crippen molar-refractivity contribution in [3.63, 3.8) is 0 Å². The third kappa shape index (κ3) is 2.86. The van der Waals surface area contributed by atoms with Gasteiger partial charge in [-0.2, -0.15) is 0 Å². The van der Waals surface area contributed by atoms with Crippen LogP contribution in [0.15, 0.2) is 48.7 Å². The molecular weight excluding hydrogens is 264 g/mol. The summed E-state index contributed by atoms with van der Waals surface area (Å²) < 4.78 is 5.32. The lowest BCUT2D eigenvalue weighted by molar-refractivity contribution is 0.410. The number of rotatable bonds is 4. The molecule has 1 aromatic heterocycles. The Labute approximate surface area is 122 Å². The van der Waals surface area contributed by atoms with Crippen LogP contribution in [0.3, 0.4) is 0 Å². The van der Waals surface area contributed by atoms with E-state index in [1.807, 2.05) is 42.5 Å². The highest BCUT2D eigenvalue weighted by molar-refractivity contribution is 5.78. The van der Waals surface area contributed by atoms with Crippen LogP contribution < -0.4 is 15.8 Å². The highest BCUT2D eigenvalue weighted by atomic mass is 16.5. The molecule has 5 heteroatoms. The van der Waals surface area contributed by atoms with Gasteiger partial charge in [0, 0.05) is 29.4 Å². The molecule has 3 N–H and O–H groups in total. The SMILES string of the molecule is COc1ccc(N)cc1CNc1ncc2ccccc2n1. The molecule has 0 saturated heterocycles. The number of methoxy groups -OCH3 is 1. The molecular formula is C16H16N4O. The molecule has 0 saturated carbocycles. The number of hydrogen-bond acceptors (Lipinski definition) is 5. The summed E-state index contributed by atoms with van der Waals surface area (Å²) in [6, 6.07) is 13.4. The summed E-state index contributed by atoms with van der Waals surface area (Å²) in [5, 5.41) is 4.22.